The van der Waals surface area contributed by atoms with E-state index in [-0.39, 0.29) is 17.7 Å². The fourth-order valence-corrected chi connectivity index (χ4v) is 4.41. The summed E-state index contributed by atoms with van der Waals surface area (Å²) < 4.78 is 0. The van der Waals surface area contributed by atoms with E-state index >= 15 is 0 Å². The number of thiazole rings is 1. The molecule has 5 nitrogen and oxygen atoms in total. The smallest absolute Gasteiger partial charge is 0.224 e. The quantitative estimate of drug-likeness (QED) is 0.704. The molecule has 0 unspecified atom stereocenters. The molecule has 1 aromatic heterocycles. The highest BCUT2D eigenvalue weighted by atomic mass is 32.1. The van der Waals surface area contributed by atoms with Gasteiger partial charge in [-0.25, -0.2) is 4.98 Å². The van der Waals surface area contributed by atoms with E-state index in [4.69, 9.17) is 0 Å². The zero-order chi connectivity index (χ0) is 19.8. The number of nitrogens with zero attached hydrogens (tertiary/aromatic N) is 2. The molecule has 2 heterocycles. The number of aryl methyl sites for hydroxylation is 2. The Morgan fingerprint density at radius 1 is 1.29 bits per heavy atom. The fourth-order valence-electron chi connectivity index (χ4n) is 3.53. The summed E-state index contributed by atoms with van der Waals surface area (Å²) in [6.07, 6.45) is 4.71. The van der Waals surface area contributed by atoms with Crippen molar-refractivity contribution in [3.8, 4) is 0 Å². The summed E-state index contributed by atoms with van der Waals surface area (Å²) in [5, 5.41) is 6.18. The Hall–Kier alpha value is -2.21. The standard InChI is InChI=1S/C22H29N3O2S/c1-2-19-16-28-20(24-19)12-13-23-22(27)18-10-11-21(26)25(15-18)14-6-9-17-7-4-3-5-8-17/h3-5,7-8,16,18H,2,6,9-15H2,1H3,(H,23,27)/t18-/m0/s1. The van der Waals surface area contributed by atoms with Gasteiger partial charge in [0.25, 0.3) is 0 Å². The van der Waals surface area contributed by atoms with Crippen LogP contribution in [0.25, 0.3) is 0 Å². The lowest BCUT2D eigenvalue weighted by molar-refractivity contribution is -0.138. The number of carbonyl (C=O) groups excluding carboxylic acids is 2. The molecule has 2 aromatic rings. The summed E-state index contributed by atoms with van der Waals surface area (Å²) >= 11 is 1.65. The molecule has 1 fully saturated rings. The molecule has 0 saturated carbocycles. The maximum atomic E-state index is 12.5. The van der Waals surface area contributed by atoms with Gasteiger partial charge in [0.15, 0.2) is 0 Å². The zero-order valence-electron chi connectivity index (χ0n) is 16.5. The van der Waals surface area contributed by atoms with E-state index in [9.17, 15) is 9.59 Å². The molecule has 2 amide bonds. The molecule has 1 aliphatic rings. The Morgan fingerprint density at radius 2 is 2.11 bits per heavy atom. The fraction of sp³-hybridized carbons (Fsp3) is 0.500. The van der Waals surface area contributed by atoms with Crippen LogP contribution in [0.4, 0.5) is 0 Å². The van der Waals surface area contributed by atoms with Crippen molar-refractivity contribution in [3.63, 3.8) is 0 Å². The molecule has 1 aromatic carbocycles. The average molecular weight is 400 g/mol. The number of rotatable bonds is 9. The van der Waals surface area contributed by atoms with Crippen molar-refractivity contribution >= 4 is 23.2 Å². The van der Waals surface area contributed by atoms with Crippen molar-refractivity contribution in [2.75, 3.05) is 19.6 Å². The predicted molar refractivity (Wildman–Crippen MR) is 112 cm³/mol. The van der Waals surface area contributed by atoms with Gasteiger partial charge in [0, 0.05) is 37.9 Å². The lowest BCUT2D eigenvalue weighted by Crippen LogP contribution is -2.46. The minimum atomic E-state index is -0.100. The summed E-state index contributed by atoms with van der Waals surface area (Å²) in [4.78, 5) is 31.2. The molecular formula is C22H29N3O2S. The van der Waals surface area contributed by atoms with Crippen molar-refractivity contribution in [2.45, 2.75) is 45.4 Å². The number of aromatic nitrogens is 1. The van der Waals surface area contributed by atoms with Gasteiger partial charge in [-0.15, -0.1) is 11.3 Å². The third-order valence-corrected chi connectivity index (χ3v) is 6.16. The third kappa shape index (κ3) is 5.89. The van der Waals surface area contributed by atoms with Crippen molar-refractivity contribution in [1.82, 2.24) is 15.2 Å². The lowest BCUT2D eigenvalue weighted by Gasteiger charge is -2.32. The van der Waals surface area contributed by atoms with Crippen molar-refractivity contribution in [1.29, 1.82) is 0 Å². The Labute approximate surface area is 171 Å². The van der Waals surface area contributed by atoms with Crippen molar-refractivity contribution < 1.29 is 9.59 Å². The minimum Gasteiger partial charge on any atom is -0.355 e. The molecule has 0 radical (unpaired) electrons. The van der Waals surface area contributed by atoms with Crippen LogP contribution in [0.15, 0.2) is 35.7 Å². The number of amides is 2. The van der Waals surface area contributed by atoms with Crippen LogP contribution < -0.4 is 5.32 Å². The zero-order valence-corrected chi connectivity index (χ0v) is 17.3. The van der Waals surface area contributed by atoms with Crippen LogP contribution in [0.1, 0.15) is 42.5 Å². The van der Waals surface area contributed by atoms with E-state index in [1.807, 2.05) is 23.1 Å². The van der Waals surface area contributed by atoms with Gasteiger partial charge >= 0.3 is 0 Å². The molecular weight excluding hydrogens is 370 g/mol. The SMILES string of the molecule is CCc1csc(CCNC(=O)[C@H]2CCC(=O)N(CCCc3ccccc3)C2)n1. The maximum Gasteiger partial charge on any atom is 0.224 e. The predicted octanol–water partition coefficient (Wildman–Crippen LogP) is 3.24. The second-order valence-electron chi connectivity index (χ2n) is 7.29. The molecule has 3 rings (SSSR count). The van der Waals surface area contributed by atoms with Gasteiger partial charge in [-0.05, 0) is 31.2 Å². The first-order chi connectivity index (χ1) is 13.7. The first-order valence-electron chi connectivity index (χ1n) is 10.2. The van der Waals surface area contributed by atoms with Crippen molar-refractivity contribution in [3.05, 3.63) is 52.0 Å². The number of piperidine rings is 1. The third-order valence-electron chi connectivity index (χ3n) is 5.21. The van der Waals surface area contributed by atoms with Crippen LogP contribution in [0, 0.1) is 5.92 Å². The van der Waals surface area contributed by atoms with Crippen LogP contribution in [-0.4, -0.2) is 41.3 Å². The molecule has 6 heteroatoms. The number of benzene rings is 1. The molecule has 28 heavy (non-hydrogen) atoms. The highest BCUT2D eigenvalue weighted by Crippen LogP contribution is 2.19. The topological polar surface area (TPSA) is 62.3 Å². The summed E-state index contributed by atoms with van der Waals surface area (Å²) in [6, 6.07) is 10.3. The van der Waals surface area contributed by atoms with Crippen LogP contribution in [-0.2, 0) is 28.9 Å². The van der Waals surface area contributed by atoms with Crippen LogP contribution in [0.3, 0.4) is 0 Å². The van der Waals surface area contributed by atoms with Gasteiger partial charge in [-0.2, -0.15) is 0 Å². The largest absolute Gasteiger partial charge is 0.355 e. The molecule has 1 aliphatic heterocycles. The summed E-state index contributed by atoms with van der Waals surface area (Å²) in [5.74, 6) is 0.136. The Bertz CT molecular complexity index is 775. The summed E-state index contributed by atoms with van der Waals surface area (Å²) in [6.45, 7) is 3.96. The van der Waals surface area contributed by atoms with Gasteiger partial charge in [-0.3, -0.25) is 9.59 Å². The molecule has 0 bridgehead atoms. The summed E-state index contributed by atoms with van der Waals surface area (Å²) in [5.41, 5.74) is 2.40. The Kier molecular flexibility index (Phi) is 7.60. The molecule has 150 valence electrons. The average Bonchev–Trinajstić information content (AvgIpc) is 3.18. The van der Waals surface area contributed by atoms with E-state index in [0.29, 0.717) is 25.9 Å². The number of hydrogen-bond acceptors (Lipinski definition) is 4. The van der Waals surface area contributed by atoms with Gasteiger partial charge in [0.05, 0.1) is 16.6 Å². The number of carbonyl (C=O) groups is 2. The Balaban J connectivity index is 1.41. The number of hydrogen-bond donors (Lipinski definition) is 1. The number of likely N-dealkylation sites (tertiary alicyclic amines) is 1. The first kappa shape index (κ1) is 20.5. The van der Waals surface area contributed by atoms with Crippen molar-refractivity contribution in [2.24, 2.45) is 5.92 Å². The van der Waals surface area contributed by atoms with E-state index in [1.165, 1.54) is 5.56 Å². The van der Waals surface area contributed by atoms with Gasteiger partial charge < -0.3 is 10.2 Å². The van der Waals surface area contributed by atoms with Crippen LogP contribution in [0.5, 0.6) is 0 Å². The minimum absolute atomic E-state index is 0.0628. The first-order valence-corrected chi connectivity index (χ1v) is 11.1. The van der Waals surface area contributed by atoms with E-state index in [1.54, 1.807) is 11.3 Å². The highest BCUT2D eigenvalue weighted by molar-refractivity contribution is 7.09. The molecule has 1 saturated heterocycles. The second-order valence-corrected chi connectivity index (χ2v) is 8.23. The van der Waals surface area contributed by atoms with Gasteiger partial charge in [0.2, 0.25) is 11.8 Å². The maximum absolute atomic E-state index is 12.5. The van der Waals surface area contributed by atoms with Gasteiger partial charge in [0.1, 0.15) is 0 Å². The second kappa shape index (κ2) is 10.4. The van der Waals surface area contributed by atoms with E-state index < -0.39 is 0 Å². The highest BCUT2D eigenvalue weighted by Gasteiger charge is 2.29. The van der Waals surface area contributed by atoms with E-state index in [2.05, 4.69) is 34.7 Å². The summed E-state index contributed by atoms with van der Waals surface area (Å²) in [7, 11) is 0. The Morgan fingerprint density at radius 3 is 2.86 bits per heavy atom. The molecule has 0 aliphatic carbocycles. The molecule has 1 atom stereocenters. The van der Waals surface area contributed by atoms with E-state index in [0.717, 1.165) is 42.9 Å². The molecule has 1 N–H and O–H groups in total. The van der Waals surface area contributed by atoms with Gasteiger partial charge in [-0.1, -0.05) is 37.3 Å². The number of nitrogens with one attached hydrogen (secondary N) is 1. The normalized spacial score (nSPS) is 17.0. The van der Waals surface area contributed by atoms with Crippen LogP contribution in [0.2, 0.25) is 0 Å². The van der Waals surface area contributed by atoms with Crippen LogP contribution >= 0.6 is 11.3 Å². The monoisotopic (exact) mass is 399 g/mol. The lowest BCUT2D eigenvalue weighted by atomic mass is 9.96. The molecule has 0 spiro atoms.